The quantitative estimate of drug-likeness (QED) is 0.709. The molecule has 2 aliphatic rings. The van der Waals surface area contributed by atoms with Gasteiger partial charge < -0.3 is 9.73 Å². The first kappa shape index (κ1) is 7.56. The summed E-state index contributed by atoms with van der Waals surface area (Å²) in [6, 6.07) is 0.394. The first-order valence-corrected chi connectivity index (χ1v) is 5.15. The predicted octanol–water partition coefficient (Wildman–Crippen LogP) is 1.59. The van der Waals surface area contributed by atoms with E-state index < -0.39 is 0 Å². The van der Waals surface area contributed by atoms with Crippen LogP contribution in [0, 0.1) is 0 Å². The Morgan fingerprint density at radius 1 is 1.31 bits per heavy atom. The minimum absolute atomic E-state index is 0.394. The maximum Gasteiger partial charge on any atom is 0.211 e. The molecule has 0 aromatic carbocycles. The van der Waals surface area contributed by atoms with E-state index >= 15 is 0 Å². The molecular formula is C10H14N2O. The van der Waals surface area contributed by atoms with E-state index in [0.29, 0.717) is 6.04 Å². The molecule has 3 heteroatoms. The summed E-state index contributed by atoms with van der Waals surface area (Å²) >= 11 is 0. The lowest BCUT2D eigenvalue weighted by Gasteiger charge is -2.03. The molecule has 1 N–H and O–H groups in total. The summed E-state index contributed by atoms with van der Waals surface area (Å²) in [5.74, 6) is 2.07. The lowest BCUT2D eigenvalue weighted by Crippen LogP contribution is -2.13. The highest BCUT2D eigenvalue weighted by molar-refractivity contribution is 5.16. The number of aromatic nitrogens is 1. The first-order chi connectivity index (χ1) is 6.43. The number of aryl methyl sites for hydroxylation is 2. The monoisotopic (exact) mass is 178 g/mol. The Morgan fingerprint density at radius 2 is 2.31 bits per heavy atom. The van der Waals surface area contributed by atoms with Crippen LogP contribution in [0.25, 0.3) is 0 Å². The van der Waals surface area contributed by atoms with E-state index in [0.717, 1.165) is 31.0 Å². The molecular weight excluding hydrogens is 164 g/mol. The van der Waals surface area contributed by atoms with Gasteiger partial charge in [-0.15, -0.1) is 0 Å². The van der Waals surface area contributed by atoms with Crippen LogP contribution in [0.5, 0.6) is 0 Å². The minimum atomic E-state index is 0.394. The van der Waals surface area contributed by atoms with Gasteiger partial charge in [-0.1, -0.05) is 0 Å². The van der Waals surface area contributed by atoms with Crippen LogP contribution in [0.15, 0.2) is 4.42 Å². The summed E-state index contributed by atoms with van der Waals surface area (Å²) in [5, 5.41) is 3.41. The van der Waals surface area contributed by atoms with Crippen LogP contribution in [0.1, 0.15) is 42.6 Å². The third-order valence-corrected chi connectivity index (χ3v) is 2.97. The van der Waals surface area contributed by atoms with Gasteiger partial charge in [0.25, 0.3) is 0 Å². The summed E-state index contributed by atoms with van der Waals surface area (Å²) in [7, 11) is 0. The summed E-state index contributed by atoms with van der Waals surface area (Å²) in [6.07, 6.45) is 5.86. The largest absolute Gasteiger partial charge is 0.444 e. The molecule has 1 aliphatic carbocycles. The second kappa shape index (κ2) is 2.84. The molecule has 13 heavy (non-hydrogen) atoms. The molecule has 1 aromatic heterocycles. The summed E-state index contributed by atoms with van der Waals surface area (Å²) in [5.41, 5.74) is 1.21. The van der Waals surface area contributed by atoms with Crippen molar-refractivity contribution in [3.8, 4) is 0 Å². The maximum absolute atomic E-state index is 5.74. The van der Waals surface area contributed by atoms with Gasteiger partial charge in [0.15, 0.2) is 0 Å². The third-order valence-electron chi connectivity index (χ3n) is 2.97. The molecule has 0 saturated carbocycles. The molecule has 2 heterocycles. The fourth-order valence-electron chi connectivity index (χ4n) is 2.25. The number of nitrogens with one attached hydrogen (secondary N) is 1. The van der Waals surface area contributed by atoms with Gasteiger partial charge in [-0.2, -0.15) is 0 Å². The minimum Gasteiger partial charge on any atom is -0.444 e. The van der Waals surface area contributed by atoms with Crippen molar-refractivity contribution in [3.05, 3.63) is 17.3 Å². The molecule has 1 saturated heterocycles. The Hall–Kier alpha value is -0.830. The van der Waals surface area contributed by atoms with Crippen LogP contribution in [0.2, 0.25) is 0 Å². The van der Waals surface area contributed by atoms with Crippen molar-refractivity contribution in [2.45, 2.75) is 38.1 Å². The van der Waals surface area contributed by atoms with Gasteiger partial charge >= 0.3 is 0 Å². The van der Waals surface area contributed by atoms with Crippen molar-refractivity contribution >= 4 is 0 Å². The number of oxazole rings is 1. The van der Waals surface area contributed by atoms with Crippen LogP contribution in [-0.2, 0) is 12.8 Å². The molecule has 0 bridgehead atoms. The molecule has 1 atom stereocenters. The van der Waals surface area contributed by atoms with E-state index in [-0.39, 0.29) is 0 Å². The topological polar surface area (TPSA) is 38.1 Å². The van der Waals surface area contributed by atoms with Gasteiger partial charge in [0.05, 0.1) is 11.7 Å². The van der Waals surface area contributed by atoms with Crippen molar-refractivity contribution in [2.24, 2.45) is 0 Å². The first-order valence-electron chi connectivity index (χ1n) is 5.15. The zero-order valence-electron chi connectivity index (χ0n) is 7.68. The number of hydrogen-bond donors (Lipinski definition) is 1. The summed E-state index contributed by atoms with van der Waals surface area (Å²) < 4.78 is 5.74. The molecule has 0 amide bonds. The smallest absolute Gasteiger partial charge is 0.211 e. The molecule has 1 aromatic rings. The van der Waals surface area contributed by atoms with Crippen LogP contribution in [0.4, 0.5) is 0 Å². The van der Waals surface area contributed by atoms with Gasteiger partial charge in [0, 0.05) is 6.42 Å². The zero-order valence-corrected chi connectivity index (χ0v) is 7.68. The highest BCUT2D eigenvalue weighted by Crippen LogP contribution is 2.28. The van der Waals surface area contributed by atoms with Crippen LogP contribution >= 0.6 is 0 Å². The highest BCUT2D eigenvalue weighted by Gasteiger charge is 2.25. The van der Waals surface area contributed by atoms with E-state index in [1.807, 2.05) is 0 Å². The van der Waals surface area contributed by atoms with E-state index in [9.17, 15) is 0 Å². The van der Waals surface area contributed by atoms with Gasteiger partial charge in [-0.05, 0) is 32.2 Å². The SMILES string of the molecule is C1Cc2nc(C3CCCN3)oc2C1. The van der Waals surface area contributed by atoms with Crippen molar-refractivity contribution in [1.29, 1.82) is 0 Å². The Bertz CT molecular complexity index is 291. The molecule has 3 rings (SSSR count). The summed E-state index contributed by atoms with van der Waals surface area (Å²) in [6.45, 7) is 1.11. The molecule has 0 radical (unpaired) electrons. The lowest BCUT2D eigenvalue weighted by molar-refractivity contribution is 0.405. The molecule has 3 nitrogen and oxygen atoms in total. The number of fused-ring (bicyclic) bond motifs is 1. The third kappa shape index (κ3) is 1.18. The Kier molecular flexibility index (Phi) is 1.65. The highest BCUT2D eigenvalue weighted by atomic mass is 16.4. The molecule has 0 spiro atoms. The summed E-state index contributed by atoms with van der Waals surface area (Å²) in [4.78, 5) is 4.54. The second-order valence-electron chi connectivity index (χ2n) is 3.92. The molecule has 1 fully saturated rings. The van der Waals surface area contributed by atoms with E-state index in [1.165, 1.54) is 25.0 Å². The van der Waals surface area contributed by atoms with Crippen LogP contribution in [-0.4, -0.2) is 11.5 Å². The fourth-order valence-corrected chi connectivity index (χ4v) is 2.25. The molecule has 1 unspecified atom stereocenters. The van der Waals surface area contributed by atoms with Gasteiger partial charge in [-0.25, -0.2) is 4.98 Å². The van der Waals surface area contributed by atoms with Crippen molar-refractivity contribution < 1.29 is 4.42 Å². The second-order valence-corrected chi connectivity index (χ2v) is 3.92. The Balaban J connectivity index is 1.88. The van der Waals surface area contributed by atoms with E-state index in [2.05, 4.69) is 10.3 Å². The predicted molar refractivity (Wildman–Crippen MR) is 48.5 cm³/mol. The van der Waals surface area contributed by atoms with Crippen molar-refractivity contribution in [1.82, 2.24) is 10.3 Å². The van der Waals surface area contributed by atoms with Gasteiger partial charge in [-0.3, -0.25) is 0 Å². The van der Waals surface area contributed by atoms with Gasteiger partial charge in [0.2, 0.25) is 5.89 Å². The average molecular weight is 178 g/mol. The van der Waals surface area contributed by atoms with E-state index in [4.69, 9.17) is 4.42 Å². The number of rotatable bonds is 1. The number of nitrogens with zero attached hydrogens (tertiary/aromatic N) is 1. The molecule has 1 aliphatic heterocycles. The lowest BCUT2D eigenvalue weighted by atomic mass is 10.2. The fraction of sp³-hybridized carbons (Fsp3) is 0.700. The molecule has 70 valence electrons. The van der Waals surface area contributed by atoms with Crippen molar-refractivity contribution in [3.63, 3.8) is 0 Å². The number of hydrogen-bond acceptors (Lipinski definition) is 3. The van der Waals surface area contributed by atoms with E-state index in [1.54, 1.807) is 0 Å². The zero-order chi connectivity index (χ0) is 8.67. The average Bonchev–Trinajstić information content (AvgIpc) is 2.78. The normalized spacial score (nSPS) is 26.6. The van der Waals surface area contributed by atoms with Crippen LogP contribution < -0.4 is 5.32 Å². The van der Waals surface area contributed by atoms with Crippen molar-refractivity contribution in [2.75, 3.05) is 6.54 Å². The Labute approximate surface area is 77.5 Å². The van der Waals surface area contributed by atoms with Crippen LogP contribution in [0.3, 0.4) is 0 Å². The standard InChI is InChI=1S/C10H14N2O/c1-3-7-9(5-1)13-10(12-7)8-4-2-6-11-8/h8,11H,1-6H2. The maximum atomic E-state index is 5.74. The van der Waals surface area contributed by atoms with Gasteiger partial charge in [0.1, 0.15) is 5.76 Å². The Morgan fingerprint density at radius 3 is 3.08 bits per heavy atom.